The van der Waals surface area contributed by atoms with E-state index in [4.69, 9.17) is 4.74 Å². The molecule has 0 rings (SSSR count). The molecule has 3 nitrogen and oxygen atoms in total. The SMILES string of the molecule is CCCCC(O)OC(=O)C=C(C)C. The number of aliphatic hydroxyl groups is 1. The molecule has 0 aromatic carbocycles. The van der Waals surface area contributed by atoms with E-state index in [2.05, 4.69) is 0 Å². The fourth-order valence-corrected chi connectivity index (χ4v) is 0.841. The van der Waals surface area contributed by atoms with E-state index in [1.165, 1.54) is 6.08 Å². The monoisotopic (exact) mass is 186 g/mol. The molecule has 0 heterocycles. The summed E-state index contributed by atoms with van der Waals surface area (Å²) in [5, 5.41) is 9.19. The smallest absolute Gasteiger partial charge is 0.332 e. The second-order valence-corrected chi connectivity index (χ2v) is 3.26. The molecule has 0 aliphatic heterocycles. The average molecular weight is 186 g/mol. The molecule has 0 bridgehead atoms. The first-order chi connectivity index (χ1) is 6.06. The normalized spacial score (nSPS) is 12.0. The van der Waals surface area contributed by atoms with Crippen molar-refractivity contribution in [2.45, 2.75) is 46.3 Å². The zero-order valence-corrected chi connectivity index (χ0v) is 8.54. The minimum absolute atomic E-state index is 0.469. The molecule has 1 unspecified atom stereocenters. The van der Waals surface area contributed by atoms with Crippen LogP contribution in [0.15, 0.2) is 11.6 Å². The van der Waals surface area contributed by atoms with Gasteiger partial charge in [0.25, 0.3) is 0 Å². The molecule has 0 saturated carbocycles. The number of carbonyl (C=O) groups excluding carboxylic acids is 1. The molecule has 0 radical (unpaired) electrons. The topological polar surface area (TPSA) is 46.5 Å². The van der Waals surface area contributed by atoms with Crippen molar-refractivity contribution in [3.63, 3.8) is 0 Å². The van der Waals surface area contributed by atoms with Gasteiger partial charge < -0.3 is 9.84 Å². The number of aliphatic hydroxyl groups excluding tert-OH is 1. The first-order valence-corrected chi connectivity index (χ1v) is 4.59. The van der Waals surface area contributed by atoms with Gasteiger partial charge in [-0.25, -0.2) is 4.79 Å². The lowest BCUT2D eigenvalue weighted by molar-refractivity contribution is -0.162. The van der Waals surface area contributed by atoms with E-state index >= 15 is 0 Å². The van der Waals surface area contributed by atoms with Crippen LogP contribution < -0.4 is 0 Å². The highest BCUT2D eigenvalue weighted by atomic mass is 16.6. The van der Waals surface area contributed by atoms with E-state index in [9.17, 15) is 9.90 Å². The number of rotatable bonds is 5. The van der Waals surface area contributed by atoms with Gasteiger partial charge in [0.1, 0.15) is 0 Å². The molecule has 0 aromatic rings. The average Bonchev–Trinajstić information content (AvgIpc) is 1.98. The second-order valence-electron chi connectivity index (χ2n) is 3.26. The van der Waals surface area contributed by atoms with Crippen molar-refractivity contribution in [1.82, 2.24) is 0 Å². The van der Waals surface area contributed by atoms with Gasteiger partial charge in [-0.3, -0.25) is 0 Å². The van der Waals surface area contributed by atoms with E-state index < -0.39 is 12.3 Å². The van der Waals surface area contributed by atoms with E-state index in [-0.39, 0.29) is 0 Å². The molecule has 0 saturated heterocycles. The number of hydrogen-bond acceptors (Lipinski definition) is 3. The fourth-order valence-electron chi connectivity index (χ4n) is 0.841. The Hall–Kier alpha value is -0.830. The third-order valence-corrected chi connectivity index (χ3v) is 1.46. The largest absolute Gasteiger partial charge is 0.433 e. The predicted molar refractivity (Wildman–Crippen MR) is 51.1 cm³/mol. The summed E-state index contributed by atoms with van der Waals surface area (Å²) in [5.74, 6) is -0.469. The number of esters is 1. The summed E-state index contributed by atoms with van der Waals surface area (Å²) in [5.41, 5.74) is 0.868. The van der Waals surface area contributed by atoms with E-state index in [1.54, 1.807) is 13.8 Å². The van der Waals surface area contributed by atoms with Gasteiger partial charge in [-0.1, -0.05) is 18.9 Å². The van der Waals surface area contributed by atoms with Crippen molar-refractivity contribution in [3.8, 4) is 0 Å². The van der Waals surface area contributed by atoms with E-state index in [0.29, 0.717) is 6.42 Å². The van der Waals surface area contributed by atoms with Crippen molar-refractivity contribution in [3.05, 3.63) is 11.6 Å². The lowest BCUT2D eigenvalue weighted by Crippen LogP contribution is -2.15. The number of allylic oxidation sites excluding steroid dienone is 1. The van der Waals surface area contributed by atoms with Gasteiger partial charge in [0.05, 0.1) is 0 Å². The Morgan fingerprint density at radius 3 is 2.62 bits per heavy atom. The highest BCUT2D eigenvalue weighted by Crippen LogP contribution is 2.03. The van der Waals surface area contributed by atoms with Crippen LogP contribution in [0.25, 0.3) is 0 Å². The first kappa shape index (κ1) is 12.2. The van der Waals surface area contributed by atoms with E-state index in [1.807, 2.05) is 6.92 Å². The Kier molecular flexibility index (Phi) is 6.24. The molecule has 3 heteroatoms. The Labute approximate surface area is 79.4 Å². The first-order valence-electron chi connectivity index (χ1n) is 4.59. The molecular formula is C10H18O3. The third kappa shape index (κ3) is 7.53. The quantitative estimate of drug-likeness (QED) is 0.406. The Bertz CT molecular complexity index is 181. The lowest BCUT2D eigenvalue weighted by Gasteiger charge is -2.09. The van der Waals surface area contributed by atoms with Crippen molar-refractivity contribution in [2.24, 2.45) is 0 Å². The van der Waals surface area contributed by atoms with Crippen LogP contribution in [-0.2, 0) is 9.53 Å². The minimum atomic E-state index is -0.956. The van der Waals surface area contributed by atoms with Crippen molar-refractivity contribution in [1.29, 1.82) is 0 Å². The molecule has 0 fully saturated rings. The maximum Gasteiger partial charge on any atom is 0.332 e. The van der Waals surface area contributed by atoms with Crippen LogP contribution >= 0.6 is 0 Å². The van der Waals surface area contributed by atoms with Crippen LogP contribution in [0.4, 0.5) is 0 Å². The van der Waals surface area contributed by atoms with E-state index in [0.717, 1.165) is 18.4 Å². The molecule has 0 spiro atoms. The summed E-state index contributed by atoms with van der Waals surface area (Å²) in [4.78, 5) is 11.0. The highest BCUT2D eigenvalue weighted by molar-refractivity contribution is 5.82. The number of carbonyl (C=O) groups is 1. The molecule has 76 valence electrons. The van der Waals surface area contributed by atoms with Gasteiger partial charge in [0.2, 0.25) is 6.29 Å². The predicted octanol–water partition coefficient (Wildman–Crippen LogP) is 2.00. The molecule has 1 N–H and O–H groups in total. The van der Waals surface area contributed by atoms with Crippen LogP contribution in [0.5, 0.6) is 0 Å². The summed E-state index contributed by atoms with van der Waals surface area (Å²) < 4.78 is 4.70. The molecular weight excluding hydrogens is 168 g/mol. The van der Waals surface area contributed by atoms with Crippen molar-refractivity contribution >= 4 is 5.97 Å². The number of ether oxygens (including phenoxy) is 1. The highest BCUT2D eigenvalue weighted by Gasteiger charge is 2.07. The summed E-state index contributed by atoms with van der Waals surface area (Å²) in [6.45, 7) is 5.63. The van der Waals surface area contributed by atoms with Gasteiger partial charge >= 0.3 is 5.97 Å². The van der Waals surface area contributed by atoms with Gasteiger partial charge in [-0.2, -0.15) is 0 Å². The molecule has 0 amide bonds. The Morgan fingerprint density at radius 2 is 2.15 bits per heavy atom. The molecule has 0 aliphatic rings. The lowest BCUT2D eigenvalue weighted by atomic mass is 10.2. The zero-order valence-electron chi connectivity index (χ0n) is 8.54. The van der Waals surface area contributed by atoms with Crippen molar-refractivity contribution < 1.29 is 14.6 Å². The minimum Gasteiger partial charge on any atom is -0.433 e. The number of hydrogen-bond donors (Lipinski definition) is 1. The standard InChI is InChI=1S/C10H18O3/c1-4-5-6-9(11)13-10(12)7-8(2)3/h7,9,11H,4-6H2,1-3H3. The van der Waals surface area contributed by atoms with Crippen LogP contribution in [-0.4, -0.2) is 17.4 Å². The van der Waals surface area contributed by atoms with Crippen LogP contribution in [0.3, 0.4) is 0 Å². The third-order valence-electron chi connectivity index (χ3n) is 1.46. The van der Waals surface area contributed by atoms with Crippen LogP contribution in [0.2, 0.25) is 0 Å². The summed E-state index contributed by atoms with van der Waals surface area (Å²) >= 11 is 0. The van der Waals surface area contributed by atoms with Gasteiger partial charge in [0.15, 0.2) is 0 Å². The van der Waals surface area contributed by atoms with Gasteiger partial charge in [-0.15, -0.1) is 0 Å². The summed E-state index contributed by atoms with van der Waals surface area (Å²) in [6, 6.07) is 0. The summed E-state index contributed by atoms with van der Waals surface area (Å²) in [7, 11) is 0. The van der Waals surface area contributed by atoms with Gasteiger partial charge in [-0.05, 0) is 20.3 Å². The Balaban J connectivity index is 3.72. The maximum atomic E-state index is 11.0. The fraction of sp³-hybridized carbons (Fsp3) is 0.700. The molecule has 13 heavy (non-hydrogen) atoms. The van der Waals surface area contributed by atoms with Crippen LogP contribution in [0.1, 0.15) is 40.0 Å². The molecule has 0 aromatic heterocycles. The van der Waals surface area contributed by atoms with Crippen molar-refractivity contribution in [2.75, 3.05) is 0 Å². The van der Waals surface area contributed by atoms with Crippen LogP contribution in [0, 0.1) is 0 Å². The molecule has 0 aliphatic carbocycles. The maximum absolute atomic E-state index is 11.0. The number of unbranched alkanes of at least 4 members (excludes halogenated alkanes) is 1. The molecule has 1 atom stereocenters. The Morgan fingerprint density at radius 1 is 1.54 bits per heavy atom. The zero-order chi connectivity index (χ0) is 10.3. The summed E-state index contributed by atoms with van der Waals surface area (Å²) in [6.07, 6.45) is 2.78. The second kappa shape index (κ2) is 6.66. The van der Waals surface area contributed by atoms with Gasteiger partial charge in [0, 0.05) is 12.5 Å².